The molecule has 0 saturated carbocycles. The van der Waals surface area contributed by atoms with Crippen molar-refractivity contribution in [2.45, 2.75) is 45.4 Å². The Bertz CT molecular complexity index is 911. The zero-order chi connectivity index (χ0) is 19.4. The Morgan fingerprint density at radius 3 is 2.89 bits per heavy atom. The minimum atomic E-state index is -0.587. The lowest BCUT2D eigenvalue weighted by Gasteiger charge is -2.38. The van der Waals surface area contributed by atoms with Crippen LogP contribution in [0.25, 0.3) is 0 Å². The first-order valence-corrected chi connectivity index (χ1v) is 9.50. The van der Waals surface area contributed by atoms with Gasteiger partial charge in [0.25, 0.3) is 0 Å². The van der Waals surface area contributed by atoms with E-state index in [1.165, 1.54) is 12.1 Å². The summed E-state index contributed by atoms with van der Waals surface area (Å²) >= 11 is 0. The van der Waals surface area contributed by atoms with Gasteiger partial charge in [-0.1, -0.05) is 26.0 Å². The third-order valence-corrected chi connectivity index (χ3v) is 6.40. The Morgan fingerprint density at radius 1 is 1.37 bits per heavy atom. The monoisotopic (exact) mass is 366 g/mol. The SMILES string of the molecule is CC1(C)C[C@]2(C=C(C#N)C1=O)CCN(C(=O)C1CCc3cc(F)ccc31)C2. The molecule has 0 aromatic heterocycles. The second-order valence-corrected chi connectivity index (χ2v) is 8.87. The van der Waals surface area contributed by atoms with Crippen molar-refractivity contribution in [1.29, 1.82) is 5.26 Å². The van der Waals surface area contributed by atoms with Gasteiger partial charge in [-0.15, -0.1) is 0 Å². The lowest BCUT2D eigenvalue weighted by Crippen LogP contribution is -2.41. The molecule has 4 nitrogen and oxygen atoms in total. The minimum Gasteiger partial charge on any atom is -0.341 e. The molecule has 0 bridgehead atoms. The van der Waals surface area contributed by atoms with E-state index in [2.05, 4.69) is 6.07 Å². The van der Waals surface area contributed by atoms with E-state index < -0.39 is 5.41 Å². The van der Waals surface area contributed by atoms with Gasteiger partial charge >= 0.3 is 0 Å². The molecule has 27 heavy (non-hydrogen) atoms. The van der Waals surface area contributed by atoms with Gasteiger partial charge in [-0.05, 0) is 48.9 Å². The first kappa shape index (κ1) is 17.9. The maximum Gasteiger partial charge on any atom is 0.230 e. The molecule has 1 spiro atoms. The molecule has 140 valence electrons. The number of hydrogen-bond donors (Lipinski definition) is 0. The molecule has 1 heterocycles. The molecule has 2 atom stereocenters. The highest BCUT2D eigenvalue weighted by molar-refractivity contribution is 6.03. The first-order chi connectivity index (χ1) is 12.7. The smallest absolute Gasteiger partial charge is 0.230 e. The molecule has 0 radical (unpaired) electrons. The van der Waals surface area contributed by atoms with Gasteiger partial charge in [0.1, 0.15) is 11.9 Å². The van der Waals surface area contributed by atoms with E-state index >= 15 is 0 Å². The topological polar surface area (TPSA) is 61.2 Å². The largest absolute Gasteiger partial charge is 0.341 e. The van der Waals surface area contributed by atoms with Crippen LogP contribution in [0.1, 0.15) is 50.2 Å². The summed E-state index contributed by atoms with van der Waals surface area (Å²) in [7, 11) is 0. The summed E-state index contributed by atoms with van der Waals surface area (Å²) < 4.78 is 13.4. The number of rotatable bonds is 1. The zero-order valence-corrected chi connectivity index (χ0v) is 15.7. The van der Waals surface area contributed by atoms with Crippen molar-refractivity contribution in [3.05, 3.63) is 46.8 Å². The number of carbonyl (C=O) groups excluding carboxylic acids is 2. The second-order valence-electron chi connectivity index (χ2n) is 8.87. The Morgan fingerprint density at radius 2 is 2.15 bits per heavy atom. The summed E-state index contributed by atoms with van der Waals surface area (Å²) in [4.78, 5) is 27.5. The van der Waals surface area contributed by atoms with Gasteiger partial charge in [0, 0.05) is 23.9 Å². The number of carbonyl (C=O) groups is 2. The molecule has 1 aliphatic heterocycles. The molecule has 1 fully saturated rings. The number of ketones is 1. The number of Topliss-reactive ketones (excluding diaryl/α,β-unsaturated/α-hetero) is 1. The molecule has 1 amide bonds. The molecular formula is C22H23FN2O2. The van der Waals surface area contributed by atoms with Crippen LogP contribution in [-0.2, 0) is 16.0 Å². The van der Waals surface area contributed by atoms with Crippen molar-refractivity contribution in [1.82, 2.24) is 4.90 Å². The van der Waals surface area contributed by atoms with Gasteiger partial charge < -0.3 is 4.90 Å². The van der Waals surface area contributed by atoms with Gasteiger partial charge in [0.15, 0.2) is 5.78 Å². The molecule has 5 heteroatoms. The van der Waals surface area contributed by atoms with E-state index in [0.717, 1.165) is 24.0 Å². The molecule has 4 rings (SSSR count). The van der Waals surface area contributed by atoms with Crippen molar-refractivity contribution in [2.75, 3.05) is 13.1 Å². The van der Waals surface area contributed by atoms with E-state index in [1.54, 1.807) is 6.07 Å². The number of aryl methyl sites for hydroxylation is 1. The summed E-state index contributed by atoms with van der Waals surface area (Å²) in [6.45, 7) is 4.94. The Labute approximate surface area is 158 Å². The predicted octanol–water partition coefficient (Wildman–Crippen LogP) is 3.52. The van der Waals surface area contributed by atoms with Crippen LogP contribution in [0, 0.1) is 28.0 Å². The number of benzene rings is 1. The van der Waals surface area contributed by atoms with E-state index in [9.17, 15) is 19.2 Å². The lowest BCUT2D eigenvalue weighted by atomic mass is 9.64. The van der Waals surface area contributed by atoms with Crippen LogP contribution in [0.15, 0.2) is 29.8 Å². The summed E-state index contributed by atoms with van der Waals surface area (Å²) in [5, 5.41) is 9.37. The number of nitriles is 1. The van der Waals surface area contributed by atoms with E-state index in [0.29, 0.717) is 25.9 Å². The maximum atomic E-state index is 13.4. The standard InChI is InChI=1S/C22H23FN2O2/c1-21(2)12-22(10-15(11-24)19(21)26)7-8-25(13-22)20(27)18-5-3-14-9-16(23)4-6-17(14)18/h4,6,9-10,18H,3,5,7-8,12-13H2,1-2H3/t18?,22-/m1/s1. The van der Waals surface area contributed by atoms with Crippen molar-refractivity contribution in [2.24, 2.45) is 10.8 Å². The number of likely N-dealkylation sites (tertiary alicyclic amines) is 1. The van der Waals surface area contributed by atoms with Crippen LogP contribution >= 0.6 is 0 Å². The molecule has 2 aliphatic carbocycles. The third kappa shape index (κ3) is 2.88. The highest BCUT2D eigenvalue weighted by Gasteiger charge is 2.49. The Hall–Kier alpha value is -2.48. The van der Waals surface area contributed by atoms with E-state index in [1.807, 2.05) is 24.8 Å². The van der Waals surface area contributed by atoms with Crippen molar-refractivity contribution < 1.29 is 14.0 Å². The summed E-state index contributed by atoms with van der Waals surface area (Å²) in [6.07, 6.45) is 4.67. The molecule has 1 aromatic carbocycles. The molecule has 3 aliphatic rings. The summed E-state index contributed by atoms with van der Waals surface area (Å²) in [6, 6.07) is 6.75. The number of hydrogen-bond acceptors (Lipinski definition) is 3. The van der Waals surface area contributed by atoms with Crippen LogP contribution in [-0.4, -0.2) is 29.7 Å². The second kappa shape index (κ2) is 6.02. The predicted molar refractivity (Wildman–Crippen MR) is 98.2 cm³/mol. The highest BCUT2D eigenvalue weighted by Crippen LogP contribution is 2.48. The fraction of sp³-hybridized carbons (Fsp3) is 0.500. The molecule has 0 N–H and O–H groups in total. The molecule has 1 aromatic rings. The Balaban J connectivity index is 1.57. The minimum absolute atomic E-state index is 0.0823. The van der Waals surface area contributed by atoms with Crippen molar-refractivity contribution in [3.63, 3.8) is 0 Å². The molecule has 1 unspecified atom stereocenters. The highest BCUT2D eigenvalue weighted by atomic mass is 19.1. The molecular weight excluding hydrogens is 343 g/mol. The fourth-order valence-corrected chi connectivity index (χ4v) is 5.24. The first-order valence-electron chi connectivity index (χ1n) is 9.50. The number of allylic oxidation sites excluding steroid dienone is 1. The van der Waals surface area contributed by atoms with Gasteiger partial charge in [0.2, 0.25) is 5.91 Å². The number of halogens is 1. The Kier molecular flexibility index (Phi) is 3.99. The molecule has 1 saturated heterocycles. The quantitative estimate of drug-likeness (QED) is 0.764. The summed E-state index contributed by atoms with van der Waals surface area (Å²) in [5.41, 5.74) is 1.20. The van der Waals surface area contributed by atoms with Gasteiger partial charge in [-0.3, -0.25) is 9.59 Å². The van der Waals surface area contributed by atoms with Crippen molar-refractivity contribution >= 4 is 11.7 Å². The maximum absolute atomic E-state index is 13.4. The number of fused-ring (bicyclic) bond motifs is 1. The van der Waals surface area contributed by atoms with Crippen LogP contribution in [0.2, 0.25) is 0 Å². The number of amides is 1. The van der Waals surface area contributed by atoms with Gasteiger partial charge in [-0.2, -0.15) is 5.26 Å². The average molecular weight is 366 g/mol. The lowest BCUT2D eigenvalue weighted by molar-refractivity contribution is -0.132. The van der Waals surface area contributed by atoms with Gasteiger partial charge in [-0.25, -0.2) is 4.39 Å². The average Bonchev–Trinajstić information content (AvgIpc) is 3.21. The van der Waals surface area contributed by atoms with Crippen LogP contribution in [0.3, 0.4) is 0 Å². The third-order valence-electron chi connectivity index (χ3n) is 6.40. The van der Waals surface area contributed by atoms with E-state index in [-0.39, 0.29) is 34.4 Å². The van der Waals surface area contributed by atoms with Gasteiger partial charge in [0.05, 0.1) is 11.5 Å². The fourth-order valence-electron chi connectivity index (χ4n) is 5.24. The van der Waals surface area contributed by atoms with Crippen LogP contribution in [0.5, 0.6) is 0 Å². The summed E-state index contributed by atoms with van der Waals surface area (Å²) in [5.74, 6) is -0.496. The van der Waals surface area contributed by atoms with Crippen molar-refractivity contribution in [3.8, 4) is 6.07 Å². The van der Waals surface area contributed by atoms with Crippen LogP contribution in [0.4, 0.5) is 4.39 Å². The van der Waals surface area contributed by atoms with Crippen LogP contribution < -0.4 is 0 Å². The zero-order valence-electron chi connectivity index (χ0n) is 15.7. The normalized spacial score (nSPS) is 28.8. The van der Waals surface area contributed by atoms with E-state index in [4.69, 9.17) is 0 Å². The number of nitrogens with zero attached hydrogens (tertiary/aromatic N) is 2.